The second-order valence-electron chi connectivity index (χ2n) is 3.65. The number of benzene rings is 1. The predicted molar refractivity (Wildman–Crippen MR) is 65.3 cm³/mol. The van der Waals surface area contributed by atoms with Gasteiger partial charge in [0.25, 0.3) is 0 Å². The molecule has 0 saturated heterocycles. The molecule has 0 bridgehead atoms. The van der Waals surface area contributed by atoms with Crippen LogP contribution in [0.1, 0.15) is 12.6 Å². The molecule has 15 heavy (non-hydrogen) atoms. The Kier molecular flexibility index (Phi) is 2.98. The van der Waals surface area contributed by atoms with Crippen molar-refractivity contribution in [2.75, 3.05) is 6.54 Å². The van der Waals surface area contributed by atoms with Crippen molar-refractivity contribution in [3.63, 3.8) is 0 Å². The van der Waals surface area contributed by atoms with E-state index in [4.69, 9.17) is 11.6 Å². The molecule has 0 unspecified atom stereocenters. The third kappa shape index (κ3) is 1.87. The average molecular weight is 223 g/mol. The molecule has 0 aliphatic carbocycles. The minimum absolute atomic E-state index is 0.825. The Morgan fingerprint density at radius 3 is 2.87 bits per heavy atom. The molecule has 2 nitrogen and oxygen atoms in total. The van der Waals surface area contributed by atoms with Crippen LogP contribution < -0.4 is 5.32 Å². The van der Waals surface area contributed by atoms with Crippen LogP contribution in [0.25, 0.3) is 10.9 Å². The van der Waals surface area contributed by atoms with E-state index in [-0.39, 0.29) is 0 Å². The molecule has 1 N–H and O–H groups in total. The van der Waals surface area contributed by atoms with E-state index in [1.54, 1.807) is 0 Å². The third-order valence-corrected chi connectivity index (χ3v) is 3.02. The van der Waals surface area contributed by atoms with E-state index in [0.29, 0.717) is 0 Å². The van der Waals surface area contributed by atoms with E-state index in [2.05, 4.69) is 36.0 Å². The predicted octanol–water partition coefficient (Wildman–Crippen LogP) is 2.94. The maximum absolute atomic E-state index is 6.14. The Morgan fingerprint density at radius 1 is 1.40 bits per heavy atom. The molecule has 2 rings (SSSR count). The monoisotopic (exact) mass is 222 g/mol. The van der Waals surface area contributed by atoms with Gasteiger partial charge in [-0.25, -0.2) is 0 Å². The van der Waals surface area contributed by atoms with Crippen LogP contribution in [0.3, 0.4) is 0 Å². The van der Waals surface area contributed by atoms with E-state index in [0.717, 1.165) is 23.5 Å². The van der Waals surface area contributed by atoms with Gasteiger partial charge in [-0.05, 0) is 24.7 Å². The van der Waals surface area contributed by atoms with Gasteiger partial charge in [-0.3, -0.25) is 0 Å². The summed E-state index contributed by atoms with van der Waals surface area (Å²) in [5.74, 6) is 0. The zero-order chi connectivity index (χ0) is 10.8. The normalized spacial score (nSPS) is 11.1. The minimum Gasteiger partial charge on any atom is -0.346 e. The fraction of sp³-hybridized carbons (Fsp3) is 0.333. The van der Waals surface area contributed by atoms with Gasteiger partial charge >= 0.3 is 0 Å². The van der Waals surface area contributed by atoms with E-state index in [9.17, 15) is 0 Å². The molecular formula is C12H15ClN2. The number of aromatic nitrogens is 1. The number of aryl methyl sites for hydroxylation is 1. The van der Waals surface area contributed by atoms with Gasteiger partial charge in [-0.2, -0.15) is 0 Å². The van der Waals surface area contributed by atoms with Crippen LogP contribution in [-0.4, -0.2) is 11.1 Å². The van der Waals surface area contributed by atoms with E-state index in [1.165, 1.54) is 11.2 Å². The number of nitrogens with zero attached hydrogens (tertiary/aromatic N) is 1. The number of hydrogen-bond acceptors (Lipinski definition) is 1. The van der Waals surface area contributed by atoms with Crippen molar-refractivity contribution in [3.05, 3.63) is 35.0 Å². The molecule has 0 amide bonds. The molecule has 0 saturated carbocycles. The largest absolute Gasteiger partial charge is 0.346 e. The van der Waals surface area contributed by atoms with Crippen LogP contribution in [0.15, 0.2) is 24.3 Å². The van der Waals surface area contributed by atoms with Crippen molar-refractivity contribution in [2.45, 2.75) is 13.5 Å². The zero-order valence-electron chi connectivity index (χ0n) is 9.05. The van der Waals surface area contributed by atoms with Crippen LogP contribution in [0, 0.1) is 0 Å². The summed E-state index contributed by atoms with van der Waals surface area (Å²) in [7, 11) is 2.07. The second kappa shape index (κ2) is 4.25. The van der Waals surface area contributed by atoms with Crippen molar-refractivity contribution in [3.8, 4) is 0 Å². The van der Waals surface area contributed by atoms with E-state index >= 15 is 0 Å². The average Bonchev–Trinajstić information content (AvgIpc) is 2.55. The fourth-order valence-corrected chi connectivity index (χ4v) is 2.03. The van der Waals surface area contributed by atoms with Gasteiger partial charge in [-0.15, -0.1) is 0 Å². The minimum atomic E-state index is 0.825. The number of hydrogen-bond donors (Lipinski definition) is 1. The van der Waals surface area contributed by atoms with Crippen LogP contribution in [0.4, 0.5) is 0 Å². The molecule has 0 aliphatic heterocycles. The molecule has 2 aromatic rings. The Morgan fingerprint density at radius 2 is 2.20 bits per heavy atom. The molecule has 1 aromatic heterocycles. The van der Waals surface area contributed by atoms with Crippen molar-refractivity contribution in [1.82, 2.24) is 9.88 Å². The lowest BCUT2D eigenvalue weighted by atomic mass is 10.2. The van der Waals surface area contributed by atoms with Crippen LogP contribution >= 0.6 is 11.6 Å². The van der Waals surface area contributed by atoms with Crippen molar-refractivity contribution in [2.24, 2.45) is 7.05 Å². The summed E-state index contributed by atoms with van der Waals surface area (Å²) < 4.78 is 2.18. The molecule has 0 aliphatic rings. The fourth-order valence-electron chi connectivity index (χ4n) is 1.80. The highest BCUT2D eigenvalue weighted by molar-refractivity contribution is 6.35. The molecule has 0 spiro atoms. The first-order valence-corrected chi connectivity index (χ1v) is 5.55. The standard InChI is InChI=1S/C12H15ClN2/c1-3-14-8-9-7-10-11(13)5-4-6-12(10)15(9)2/h4-7,14H,3,8H2,1-2H3. The highest BCUT2D eigenvalue weighted by atomic mass is 35.5. The lowest BCUT2D eigenvalue weighted by molar-refractivity contribution is 0.686. The van der Waals surface area contributed by atoms with Gasteiger partial charge in [0.05, 0.1) is 0 Å². The van der Waals surface area contributed by atoms with Crippen LogP contribution in [0.5, 0.6) is 0 Å². The number of halogens is 1. The number of fused-ring (bicyclic) bond motifs is 1. The number of rotatable bonds is 3. The van der Waals surface area contributed by atoms with Gasteiger partial charge in [0.1, 0.15) is 0 Å². The maximum Gasteiger partial charge on any atom is 0.0499 e. The van der Waals surface area contributed by atoms with Gasteiger partial charge in [0, 0.05) is 35.2 Å². The van der Waals surface area contributed by atoms with E-state index in [1.807, 2.05) is 12.1 Å². The SMILES string of the molecule is CCNCc1cc2c(Cl)cccc2n1C. The lowest BCUT2D eigenvalue weighted by Crippen LogP contribution is -2.14. The van der Waals surface area contributed by atoms with Crippen molar-refractivity contribution < 1.29 is 0 Å². The zero-order valence-corrected chi connectivity index (χ0v) is 9.80. The molecular weight excluding hydrogens is 208 g/mol. The summed E-state index contributed by atoms with van der Waals surface area (Å²) in [6.45, 7) is 3.98. The highest BCUT2D eigenvalue weighted by Gasteiger charge is 2.06. The Hall–Kier alpha value is -0.990. The smallest absolute Gasteiger partial charge is 0.0499 e. The summed E-state index contributed by atoms with van der Waals surface area (Å²) in [6, 6.07) is 8.17. The van der Waals surface area contributed by atoms with Gasteiger partial charge < -0.3 is 9.88 Å². The molecule has 0 radical (unpaired) electrons. The van der Waals surface area contributed by atoms with Crippen molar-refractivity contribution >= 4 is 22.5 Å². The first kappa shape index (κ1) is 10.5. The number of nitrogens with one attached hydrogen (secondary N) is 1. The first-order chi connectivity index (χ1) is 7.24. The van der Waals surface area contributed by atoms with Gasteiger partial charge in [0.2, 0.25) is 0 Å². The Bertz CT molecular complexity index is 474. The summed E-state index contributed by atoms with van der Waals surface area (Å²) in [4.78, 5) is 0. The highest BCUT2D eigenvalue weighted by Crippen LogP contribution is 2.25. The first-order valence-electron chi connectivity index (χ1n) is 5.17. The van der Waals surface area contributed by atoms with Crippen LogP contribution in [0.2, 0.25) is 5.02 Å². The second-order valence-corrected chi connectivity index (χ2v) is 4.05. The Balaban J connectivity index is 2.49. The molecule has 80 valence electrons. The summed E-state index contributed by atoms with van der Waals surface area (Å²) in [6.07, 6.45) is 0. The molecule has 0 atom stereocenters. The summed E-state index contributed by atoms with van der Waals surface area (Å²) in [5.41, 5.74) is 2.45. The maximum atomic E-state index is 6.14. The quantitative estimate of drug-likeness (QED) is 0.845. The molecule has 1 aromatic carbocycles. The van der Waals surface area contributed by atoms with Gasteiger partial charge in [-0.1, -0.05) is 24.6 Å². The molecule has 1 heterocycles. The third-order valence-electron chi connectivity index (χ3n) is 2.69. The topological polar surface area (TPSA) is 17.0 Å². The molecule has 0 fully saturated rings. The molecule has 3 heteroatoms. The van der Waals surface area contributed by atoms with E-state index < -0.39 is 0 Å². The van der Waals surface area contributed by atoms with Crippen molar-refractivity contribution in [1.29, 1.82) is 0 Å². The summed E-state index contributed by atoms with van der Waals surface area (Å²) in [5, 5.41) is 5.28. The summed E-state index contributed by atoms with van der Waals surface area (Å²) >= 11 is 6.14. The van der Waals surface area contributed by atoms with Crippen LogP contribution in [-0.2, 0) is 13.6 Å². The van der Waals surface area contributed by atoms with Gasteiger partial charge in [0.15, 0.2) is 0 Å². The lowest BCUT2D eigenvalue weighted by Gasteiger charge is -2.04. The Labute approximate surface area is 94.8 Å².